The monoisotopic (exact) mass is 255 g/mol. The van der Waals surface area contributed by atoms with Crippen molar-refractivity contribution in [1.82, 2.24) is 0 Å². The molecule has 0 fully saturated rings. The van der Waals surface area contributed by atoms with Gasteiger partial charge < -0.3 is 10.2 Å². The molecule has 0 bridgehead atoms. The zero-order valence-corrected chi connectivity index (χ0v) is 10.1. The Balaban J connectivity index is 2.28. The summed E-state index contributed by atoms with van der Waals surface area (Å²) >= 11 is 0. The van der Waals surface area contributed by atoms with E-state index in [0.717, 1.165) is 0 Å². The van der Waals surface area contributed by atoms with Crippen LogP contribution in [-0.4, -0.2) is 22.4 Å². The lowest BCUT2D eigenvalue weighted by molar-refractivity contribution is -0.138. The molecule has 0 saturated heterocycles. The summed E-state index contributed by atoms with van der Waals surface area (Å²) in [6.45, 7) is 0. The number of aromatic hydroxyl groups is 1. The van der Waals surface area contributed by atoms with E-state index in [-0.39, 0.29) is 5.75 Å². The number of hydrogen-bond donors (Lipinski definition) is 2. The second-order valence-corrected chi connectivity index (χ2v) is 3.99. The van der Waals surface area contributed by atoms with Crippen molar-refractivity contribution in [3.8, 4) is 5.75 Å². The first-order chi connectivity index (χ1) is 9.18. The first-order valence-electron chi connectivity index (χ1n) is 5.77. The van der Waals surface area contributed by atoms with E-state index in [0.29, 0.717) is 11.1 Å². The minimum Gasteiger partial charge on any atom is -0.507 e. The second kappa shape index (κ2) is 5.82. The van der Waals surface area contributed by atoms with Crippen molar-refractivity contribution in [2.24, 2.45) is 4.99 Å². The van der Waals surface area contributed by atoms with Gasteiger partial charge in [0.05, 0.1) is 0 Å². The van der Waals surface area contributed by atoms with Crippen molar-refractivity contribution >= 4 is 12.2 Å². The van der Waals surface area contributed by atoms with Gasteiger partial charge in [0, 0.05) is 11.8 Å². The van der Waals surface area contributed by atoms with Crippen LogP contribution in [-0.2, 0) is 4.79 Å². The average molecular weight is 255 g/mol. The normalized spacial score (nSPS) is 12.4. The number of aliphatic carboxylic acids is 1. The topological polar surface area (TPSA) is 69.9 Å². The van der Waals surface area contributed by atoms with Crippen LogP contribution in [0.2, 0.25) is 0 Å². The predicted octanol–water partition coefficient (Wildman–Crippen LogP) is 2.64. The molecule has 0 unspecified atom stereocenters. The van der Waals surface area contributed by atoms with Gasteiger partial charge in [0.25, 0.3) is 0 Å². The van der Waals surface area contributed by atoms with E-state index >= 15 is 0 Å². The Morgan fingerprint density at radius 3 is 2.32 bits per heavy atom. The Morgan fingerprint density at radius 1 is 1.05 bits per heavy atom. The van der Waals surface area contributed by atoms with E-state index in [4.69, 9.17) is 0 Å². The first kappa shape index (κ1) is 12.8. The van der Waals surface area contributed by atoms with E-state index in [1.54, 1.807) is 42.5 Å². The molecular formula is C15H13NO3. The molecule has 1 atom stereocenters. The Morgan fingerprint density at radius 2 is 1.68 bits per heavy atom. The van der Waals surface area contributed by atoms with E-state index in [1.807, 2.05) is 6.07 Å². The highest BCUT2D eigenvalue weighted by Gasteiger charge is 2.17. The molecule has 4 nitrogen and oxygen atoms in total. The van der Waals surface area contributed by atoms with E-state index in [9.17, 15) is 15.0 Å². The number of nitrogens with zero attached hydrogens (tertiary/aromatic N) is 1. The molecule has 0 radical (unpaired) electrons. The minimum absolute atomic E-state index is 0.0726. The SMILES string of the molecule is O=C(O)[C@@H](N=Cc1ccccc1O)c1ccccc1. The summed E-state index contributed by atoms with van der Waals surface area (Å²) in [5, 5.41) is 18.8. The van der Waals surface area contributed by atoms with Crippen LogP contribution in [0.25, 0.3) is 0 Å². The zero-order chi connectivity index (χ0) is 13.7. The van der Waals surface area contributed by atoms with Crippen molar-refractivity contribution in [3.63, 3.8) is 0 Å². The van der Waals surface area contributed by atoms with Gasteiger partial charge in [-0.2, -0.15) is 0 Å². The summed E-state index contributed by atoms with van der Waals surface area (Å²) in [6, 6.07) is 14.4. The molecule has 0 aliphatic rings. The fourth-order valence-corrected chi connectivity index (χ4v) is 1.68. The van der Waals surface area contributed by atoms with E-state index in [1.165, 1.54) is 12.3 Å². The van der Waals surface area contributed by atoms with Gasteiger partial charge in [-0.3, -0.25) is 4.99 Å². The number of hydrogen-bond acceptors (Lipinski definition) is 3. The molecule has 2 rings (SSSR count). The maximum atomic E-state index is 11.2. The van der Waals surface area contributed by atoms with Gasteiger partial charge in [0.15, 0.2) is 6.04 Å². The number of carboxylic acids is 1. The molecule has 2 N–H and O–H groups in total. The molecule has 0 aromatic heterocycles. The van der Waals surface area contributed by atoms with Crippen LogP contribution in [0.15, 0.2) is 59.6 Å². The number of phenolic OH excluding ortho intramolecular Hbond substituents is 1. The van der Waals surface area contributed by atoms with E-state index < -0.39 is 12.0 Å². The van der Waals surface area contributed by atoms with Crippen molar-refractivity contribution in [1.29, 1.82) is 0 Å². The van der Waals surface area contributed by atoms with Gasteiger partial charge in [-0.25, -0.2) is 4.79 Å². The third kappa shape index (κ3) is 3.19. The van der Waals surface area contributed by atoms with Crippen LogP contribution < -0.4 is 0 Å². The van der Waals surface area contributed by atoms with Crippen LogP contribution >= 0.6 is 0 Å². The molecular weight excluding hydrogens is 242 g/mol. The average Bonchev–Trinajstić information content (AvgIpc) is 2.42. The highest BCUT2D eigenvalue weighted by Crippen LogP contribution is 2.19. The molecule has 0 spiro atoms. The maximum absolute atomic E-state index is 11.2. The number of carbonyl (C=O) groups is 1. The van der Waals surface area contributed by atoms with Gasteiger partial charge >= 0.3 is 5.97 Å². The number of carboxylic acid groups (broad SMARTS) is 1. The quantitative estimate of drug-likeness (QED) is 0.825. The standard InChI is InChI=1S/C15H13NO3/c17-13-9-5-4-8-12(13)10-16-14(15(18)19)11-6-2-1-3-7-11/h1-10,14,17H,(H,18,19)/t14-/m0/s1. The number of phenols is 1. The Hall–Kier alpha value is -2.62. The lowest BCUT2D eigenvalue weighted by Crippen LogP contribution is -2.09. The van der Waals surface area contributed by atoms with Gasteiger partial charge in [0.2, 0.25) is 0 Å². The summed E-state index contributed by atoms with van der Waals surface area (Å²) in [6.07, 6.45) is 1.38. The second-order valence-electron chi connectivity index (χ2n) is 3.99. The lowest BCUT2D eigenvalue weighted by atomic mass is 10.1. The van der Waals surface area contributed by atoms with Gasteiger partial charge in [0.1, 0.15) is 5.75 Å². The first-order valence-corrected chi connectivity index (χ1v) is 5.77. The summed E-state index contributed by atoms with van der Waals surface area (Å²) in [5.74, 6) is -0.957. The molecule has 0 aliphatic heterocycles. The highest BCUT2D eigenvalue weighted by atomic mass is 16.4. The van der Waals surface area contributed by atoms with Crippen molar-refractivity contribution in [3.05, 3.63) is 65.7 Å². The molecule has 0 saturated carbocycles. The molecule has 4 heteroatoms. The maximum Gasteiger partial charge on any atom is 0.333 e. The summed E-state index contributed by atoms with van der Waals surface area (Å²) in [4.78, 5) is 15.3. The summed E-state index contributed by atoms with van der Waals surface area (Å²) in [5.41, 5.74) is 1.09. The Bertz CT molecular complexity index is 593. The minimum atomic E-state index is -1.03. The number of rotatable bonds is 4. The summed E-state index contributed by atoms with van der Waals surface area (Å²) < 4.78 is 0. The molecule has 0 heterocycles. The van der Waals surface area contributed by atoms with E-state index in [2.05, 4.69) is 4.99 Å². The molecule has 0 aliphatic carbocycles. The van der Waals surface area contributed by atoms with Gasteiger partial charge in [-0.15, -0.1) is 0 Å². The molecule has 96 valence electrons. The van der Waals surface area contributed by atoms with Crippen LogP contribution in [0.5, 0.6) is 5.75 Å². The highest BCUT2D eigenvalue weighted by molar-refractivity contribution is 5.86. The Kier molecular flexibility index (Phi) is 3.93. The fourth-order valence-electron chi connectivity index (χ4n) is 1.68. The lowest BCUT2D eigenvalue weighted by Gasteiger charge is -2.07. The number of benzene rings is 2. The molecule has 19 heavy (non-hydrogen) atoms. The predicted molar refractivity (Wildman–Crippen MR) is 72.5 cm³/mol. The Labute approximate surface area is 110 Å². The van der Waals surface area contributed by atoms with Crippen LogP contribution in [0.1, 0.15) is 17.2 Å². The molecule has 0 amide bonds. The van der Waals surface area contributed by atoms with Gasteiger partial charge in [-0.05, 0) is 17.7 Å². The molecule has 2 aromatic carbocycles. The van der Waals surface area contributed by atoms with Crippen LogP contribution in [0.4, 0.5) is 0 Å². The smallest absolute Gasteiger partial charge is 0.333 e. The van der Waals surface area contributed by atoms with Gasteiger partial charge in [-0.1, -0.05) is 42.5 Å². The largest absolute Gasteiger partial charge is 0.507 e. The third-order valence-electron chi connectivity index (χ3n) is 2.65. The van der Waals surface area contributed by atoms with Crippen LogP contribution in [0.3, 0.4) is 0 Å². The number of aliphatic imine (C=N–C) groups is 1. The van der Waals surface area contributed by atoms with Crippen molar-refractivity contribution < 1.29 is 15.0 Å². The van der Waals surface area contributed by atoms with Crippen molar-refractivity contribution in [2.45, 2.75) is 6.04 Å². The summed E-state index contributed by atoms with van der Waals surface area (Å²) in [7, 11) is 0. The molecule has 2 aromatic rings. The number of para-hydroxylation sites is 1. The third-order valence-corrected chi connectivity index (χ3v) is 2.65. The van der Waals surface area contributed by atoms with Crippen molar-refractivity contribution in [2.75, 3.05) is 0 Å². The zero-order valence-electron chi connectivity index (χ0n) is 10.1. The fraction of sp³-hybridized carbons (Fsp3) is 0.0667. The van der Waals surface area contributed by atoms with Crippen LogP contribution in [0, 0.1) is 0 Å².